The number of piperazine rings is 1. The van der Waals surface area contributed by atoms with Gasteiger partial charge in [-0.2, -0.15) is 0 Å². The second-order valence-electron chi connectivity index (χ2n) is 7.56. The molecule has 28 heavy (non-hydrogen) atoms. The molecule has 1 heterocycles. The molecule has 0 saturated carbocycles. The first-order valence-corrected chi connectivity index (χ1v) is 9.70. The fourth-order valence-electron chi connectivity index (χ4n) is 3.03. The molecular formula is C21H30N2O5. The fourth-order valence-corrected chi connectivity index (χ4v) is 3.03. The number of ether oxygens (including phenoxy) is 2. The highest BCUT2D eigenvalue weighted by Gasteiger charge is 2.35. The molecule has 1 fully saturated rings. The van der Waals surface area contributed by atoms with Crippen LogP contribution in [0.1, 0.15) is 37.8 Å². The smallest absolute Gasteiger partial charge is 0.308 e. The Labute approximate surface area is 166 Å². The van der Waals surface area contributed by atoms with Crippen molar-refractivity contribution in [1.29, 1.82) is 0 Å². The van der Waals surface area contributed by atoms with Crippen molar-refractivity contribution >= 4 is 17.8 Å². The lowest BCUT2D eigenvalue weighted by atomic mass is 10.1. The van der Waals surface area contributed by atoms with Crippen molar-refractivity contribution in [3.63, 3.8) is 0 Å². The molecule has 0 aromatic heterocycles. The summed E-state index contributed by atoms with van der Waals surface area (Å²) in [7, 11) is 0. The van der Waals surface area contributed by atoms with Crippen molar-refractivity contribution in [3.05, 3.63) is 29.3 Å². The molecule has 7 heteroatoms. The third-order valence-corrected chi connectivity index (χ3v) is 4.65. The lowest BCUT2D eigenvalue weighted by Gasteiger charge is -2.34. The Bertz CT molecular complexity index is 717. The summed E-state index contributed by atoms with van der Waals surface area (Å²) in [5.74, 6) is -0.0891. The number of rotatable bonds is 8. The van der Waals surface area contributed by atoms with Crippen LogP contribution in [0.15, 0.2) is 18.2 Å². The number of hydrogen-bond acceptors (Lipinski definition) is 5. The van der Waals surface area contributed by atoms with Crippen LogP contribution < -0.4 is 10.1 Å². The first-order valence-electron chi connectivity index (χ1n) is 9.70. The lowest BCUT2D eigenvalue weighted by Crippen LogP contribution is -2.58. The normalized spacial score (nSPS) is 16.7. The second kappa shape index (κ2) is 10.1. The van der Waals surface area contributed by atoms with Crippen LogP contribution in [-0.2, 0) is 19.1 Å². The van der Waals surface area contributed by atoms with E-state index in [1.807, 2.05) is 45.9 Å². The van der Waals surface area contributed by atoms with E-state index in [2.05, 4.69) is 5.32 Å². The van der Waals surface area contributed by atoms with Crippen molar-refractivity contribution in [1.82, 2.24) is 10.2 Å². The topological polar surface area (TPSA) is 84.9 Å². The number of esters is 1. The summed E-state index contributed by atoms with van der Waals surface area (Å²) in [5.41, 5.74) is 2.05. The first kappa shape index (κ1) is 21.7. The SMILES string of the molecule is Cc1ccc(OCC(=O)N2CCNC(=O)C2CC(=O)OCCC(C)C)c(C)c1. The maximum absolute atomic E-state index is 12.7. The van der Waals surface area contributed by atoms with Crippen LogP contribution in [0, 0.1) is 19.8 Å². The predicted octanol–water partition coefficient (Wildman–Crippen LogP) is 1.99. The van der Waals surface area contributed by atoms with Gasteiger partial charge in [0.1, 0.15) is 11.8 Å². The van der Waals surface area contributed by atoms with Crippen LogP contribution in [0.25, 0.3) is 0 Å². The maximum Gasteiger partial charge on any atom is 0.308 e. The van der Waals surface area contributed by atoms with E-state index < -0.39 is 12.0 Å². The number of carbonyl (C=O) groups is 3. The maximum atomic E-state index is 12.7. The Balaban J connectivity index is 1.95. The number of nitrogens with zero attached hydrogens (tertiary/aromatic N) is 1. The van der Waals surface area contributed by atoms with Gasteiger partial charge < -0.3 is 19.7 Å². The predicted molar refractivity (Wildman–Crippen MR) is 105 cm³/mol. The third-order valence-electron chi connectivity index (χ3n) is 4.65. The van der Waals surface area contributed by atoms with Crippen LogP contribution in [0.2, 0.25) is 0 Å². The summed E-state index contributed by atoms with van der Waals surface area (Å²) in [6, 6.07) is 4.85. The van der Waals surface area contributed by atoms with Crippen LogP contribution in [0.3, 0.4) is 0 Å². The van der Waals surface area contributed by atoms with Gasteiger partial charge in [0.15, 0.2) is 6.61 Å². The van der Waals surface area contributed by atoms with Gasteiger partial charge in [-0.15, -0.1) is 0 Å². The lowest BCUT2D eigenvalue weighted by molar-refractivity contribution is -0.152. The highest BCUT2D eigenvalue weighted by molar-refractivity contribution is 5.92. The molecule has 0 bridgehead atoms. The van der Waals surface area contributed by atoms with Gasteiger partial charge in [-0.3, -0.25) is 14.4 Å². The van der Waals surface area contributed by atoms with E-state index in [-0.39, 0.29) is 24.8 Å². The second-order valence-corrected chi connectivity index (χ2v) is 7.56. The Morgan fingerprint density at radius 1 is 1.29 bits per heavy atom. The molecule has 0 aliphatic carbocycles. The Morgan fingerprint density at radius 3 is 2.71 bits per heavy atom. The zero-order valence-electron chi connectivity index (χ0n) is 17.1. The van der Waals surface area contributed by atoms with Crippen molar-refractivity contribution in [2.24, 2.45) is 5.92 Å². The molecule has 0 spiro atoms. The zero-order valence-corrected chi connectivity index (χ0v) is 17.1. The van der Waals surface area contributed by atoms with Gasteiger partial charge in [0.25, 0.3) is 5.91 Å². The molecule has 1 unspecified atom stereocenters. The van der Waals surface area contributed by atoms with Crippen molar-refractivity contribution < 1.29 is 23.9 Å². The number of benzene rings is 1. The van der Waals surface area contributed by atoms with Gasteiger partial charge in [0, 0.05) is 13.1 Å². The van der Waals surface area contributed by atoms with Gasteiger partial charge in [0.2, 0.25) is 5.91 Å². The number of carbonyl (C=O) groups excluding carboxylic acids is 3. The van der Waals surface area contributed by atoms with Gasteiger partial charge in [-0.05, 0) is 37.8 Å². The molecule has 0 radical (unpaired) electrons. The van der Waals surface area contributed by atoms with Crippen LogP contribution >= 0.6 is 0 Å². The van der Waals surface area contributed by atoms with Crippen molar-refractivity contribution in [2.45, 2.75) is 46.6 Å². The molecular weight excluding hydrogens is 360 g/mol. The van der Waals surface area contributed by atoms with Crippen LogP contribution in [-0.4, -0.2) is 55.0 Å². The largest absolute Gasteiger partial charge is 0.483 e. The van der Waals surface area contributed by atoms with Crippen molar-refractivity contribution in [2.75, 3.05) is 26.3 Å². The highest BCUT2D eigenvalue weighted by Crippen LogP contribution is 2.19. The summed E-state index contributed by atoms with van der Waals surface area (Å²) < 4.78 is 10.8. The van der Waals surface area contributed by atoms with Gasteiger partial charge in [-0.1, -0.05) is 31.5 Å². The molecule has 7 nitrogen and oxygen atoms in total. The first-order chi connectivity index (χ1) is 13.3. The summed E-state index contributed by atoms with van der Waals surface area (Å²) in [6.45, 7) is 8.80. The molecule has 2 amide bonds. The van der Waals surface area contributed by atoms with Crippen LogP contribution in [0.5, 0.6) is 5.75 Å². The van der Waals surface area contributed by atoms with Crippen molar-refractivity contribution in [3.8, 4) is 5.75 Å². The summed E-state index contributed by atoms with van der Waals surface area (Å²) >= 11 is 0. The minimum absolute atomic E-state index is 0.154. The molecule has 1 N–H and O–H groups in total. The molecule has 1 aliphatic heterocycles. The molecule has 2 rings (SSSR count). The molecule has 154 valence electrons. The third kappa shape index (κ3) is 6.25. The minimum Gasteiger partial charge on any atom is -0.483 e. The number of hydrogen-bond donors (Lipinski definition) is 1. The summed E-state index contributed by atoms with van der Waals surface area (Å²) in [5, 5.41) is 2.70. The average Bonchev–Trinajstić information content (AvgIpc) is 2.62. The summed E-state index contributed by atoms with van der Waals surface area (Å²) in [6.07, 6.45) is 0.605. The van der Waals surface area contributed by atoms with Gasteiger partial charge in [-0.25, -0.2) is 0 Å². The monoisotopic (exact) mass is 390 g/mol. The molecule has 1 atom stereocenters. The summed E-state index contributed by atoms with van der Waals surface area (Å²) in [4.78, 5) is 38.4. The number of amides is 2. The molecule has 1 aromatic rings. The van der Waals surface area contributed by atoms with E-state index in [1.165, 1.54) is 4.90 Å². The Morgan fingerprint density at radius 2 is 2.04 bits per heavy atom. The van der Waals surface area contributed by atoms with E-state index in [0.29, 0.717) is 31.4 Å². The van der Waals surface area contributed by atoms with Gasteiger partial charge >= 0.3 is 5.97 Å². The zero-order chi connectivity index (χ0) is 20.7. The fraction of sp³-hybridized carbons (Fsp3) is 0.571. The van der Waals surface area contributed by atoms with E-state index >= 15 is 0 Å². The molecule has 1 saturated heterocycles. The van der Waals surface area contributed by atoms with E-state index in [4.69, 9.17) is 9.47 Å². The number of nitrogens with one attached hydrogen (secondary N) is 1. The van der Waals surface area contributed by atoms with E-state index in [9.17, 15) is 14.4 Å². The minimum atomic E-state index is -0.865. The highest BCUT2D eigenvalue weighted by atomic mass is 16.5. The van der Waals surface area contributed by atoms with E-state index in [1.54, 1.807) is 0 Å². The van der Waals surface area contributed by atoms with Gasteiger partial charge in [0.05, 0.1) is 13.0 Å². The van der Waals surface area contributed by atoms with Crippen LogP contribution in [0.4, 0.5) is 0 Å². The quantitative estimate of drug-likeness (QED) is 0.686. The standard InChI is InChI=1S/C21H30N2O5/c1-14(2)7-10-27-20(25)12-17-21(26)22-8-9-23(17)19(24)13-28-18-6-5-15(3)11-16(18)4/h5-6,11,14,17H,7-10,12-13H2,1-4H3,(H,22,26). The molecule has 1 aromatic carbocycles. The Kier molecular flexibility index (Phi) is 7.84. The van der Waals surface area contributed by atoms with E-state index in [0.717, 1.165) is 17.5 Å². The average molecular weight is 390 g/mol. The molecule has 1 aliphatic rings. The Hall–Kier alpha value is -2.57. The number of aryl methyl sites for hydroxylation is 2.